The summed E-state index contributed by atoms with van der Waals surface area (Å²) < 4.78 is 55.5. The molecule has 0 spiro atoms. The second-order valence-corrected chi connectivity index (χ2v) is 9.98. The van der Waals surface area contributed by atoms with Gasteiger partial charge in [0.15, 0.2) is 17.4 Å². The maximum Gasteiger partial charge on any atom is 0.408 e. The molecule has 0 aromatic carbocycles. The number of rotatable bonds is 6. The number of carbonyl (C=O) groups is 2. The Hall–Kier alpha value is -3.72. The van der Waals surface area contributed by atoms with Crippen molar-refractivity contribution in [2.75, 3.05) is 41.4 Å². The van der Waals surface area contributed by atoms with Gasteiger partial charge in [0.05, 0.1) is 18.3 Å². The summed E-state index contributed by atoms with van der Waals surface area (Å²) in [7, 11) is 0. The van der Waals surface area contributed by atoms with Crippen LogP contribution < -0.4 is 25.2 Å². The van der Waals surface area contributed by atoms with E-state index >= 15 is 0 Å². The molecule has 3 aliphatic heterocycles. The van der Waals surface area contributed by atoms with Crippen LogP contribution >= 0.6 is 0 Å². The van der Waals surface area contributed by atoms with Crippen molar-refractivity contribution in [2.45, 2.75) is 57.3 Å². The third kappa shape index (κ3) is 5.83. The first-order chi connectivity index (χ1) is 18.4. The van der Waals surface area contributed by atoms with Crippen molar-refractivity contribution >= 4 is 29.3 Å². The SMILES string of the molecule is C[C@@H](NC(=O)c1ccc2c(n1)N(C(=O)Nc1ccc(OC[C@H]3COC(C)(C)O3)nn1)C1CCN2C1)C(F)(F)F. The largest absolute Gasteiger partial charge is 0.474 e. The number of pyridine rings is 1. The Morgan fingerprint density at radius 2 is 2.03 bits per heavy atom. The molecule has 3 amide bonds. The van der Waals surface area contributed by atoms with E-state index < -0.39 is 29.9 Å². The van der Waals surface area contributed by atoms with Gasteiger partial charge in [0.2, 0.25) is 5.88 Å². The molecular formula is C24H28F3N7O5. The van der Waals surface area contributed by atoms with Crippen molar-refractivity contribution in [3.63, 3.8) is 0 Å². The minimum absolute atomic E-state index is 0.156. The zero-order valence-corrected chi connectivity index (χ0v) is 21.5. The Morgan fingerprint density at radius 1 is 1.23 bits per heavy atom. The normalized spacial score (nSPS) is 22.3. The number of aromatic nitrogens is 3. The van der Waals surface area contributed by atoms with Gasteiger partial charge in [0.25, 0.3) is 5.91 Å². The van der Waals surface area contributed by atoms with E-state index in [0.29, 0.717) is 31.8 Å². The molecule has 0 saturated carbocycles. The van der Waals surface area contributed by atoms with E-state index in [9.17, 15) is 22.8 Å². The summed E-state index contributed by atoms with van der Waals surface area (Å²) in [6, 6.07) is 3.15. The molecule has 2 bridgehead atoms. The maximum atomic E-state index is 13.3. The predicted molar refractivity (Wildman–Crippen MR) is 132 cm³/mol. The first-order valence-corrected chi connectivity index (χ1v) is 12.4. The summed E-state index contributed by atoms with van der Waals surface area (Å²) in [5.74, 6) is -1.08. The van der Waals surface area contributed by atoms with Gasteiger partial charge >= 0.3 is 12.2 Å². The lowest BCUT2D eigenvalue weighted by atomic mass is 10.1. The van der Waals surface area contributed by atoms with Crippen molar-refractivity contribution in [1.29, 1.82) is 0 Å². The molecular weight excluding hydrogens is 523 g/mol. The van der Waals surface area contributed by atoms with Gasteiger partial charge in [-0.1, -0.05) is 0 Å². The van der Waals surface area contributed by atoms with Crippen LogP contribution in [-0.4, -0.2) is 83.6 Å². The van der Waals surface area contributed by atoms with Crippen LogP contribution in [0.5, 0.6) is 5.88 Å². The lowest BCUT2D eigenvalue weighted by Crippen LogP contribution is -2.49. The van der Waals surface area contributed by atoms with E-state index in [2.05, 4.69) is 20.5 Å². The number of hydrogen-bond acceptors (Lipinski definition) is 9. The molecule has 0 radical (unpaired) electrons. The first kappa shape index (κ1) is 26.9. The molecule has 2 saturated heterocycles. The van der Waals surface area contributed by atoms with E-state index in [1.165, 1.54) is 17.0 Å². The van der Waals surface area contributed by atoms with Crippen LogP contribution in [-0.2, 0) is 9.47 Å². The summed E-state index contributed by atoms with van der Waals surface area (Å²) in [6.45, 7) is 6.30. The Morgan fingerprint density at radius 3 is 2.69 bits per heavy atom. The summed E-state index contributed by atoms with van der Waals surface area (Å²) in [5, 5.41) is 12.6. The Balaban J connectivity index is 1.27. The van der Waals surface area contributed by atoms with Gasteiger partial charge in [-0.3, -0.25) is 15.0 Å². The molecule has 0 aliphatic carbocycles. The number of carbonyl (C=O) groups excluding carboxylic acids is 2. The first-order valence-electron chi connectivity index (χ1n) is 12.4. The summed E-state index contributed by atoms with van der Waals surface area (Å²) in [5.41, 5.74) is 0.377. The quantitative estimate of drug-likeness (QED) is 0.556. The third-order valence-corrected chi connectivity index (χ3v) is 6.60. The monoisotopic (exact) mass is 551 g/mol. The third-order valence-electron chi connectivity index (χ3n) is 6.60. The number of halogens is 3. The standard InChI is InChI=1S/C24H28F3N7O5/c1-13(24(25,26)27)28-21(35)16-4-5-17-20(29-16)34(14-8-9-33(17)10-14)22(36)30-18-6-7-19(32-31-18)37-11-15-12-38-23(2,3)39-15/h4-7,13-15H,8-12H2,1-3H3,(H,28,35)(H,30,31,36)/t13-,14?,15+/m1/s1. The van der Waals surface area contributed by atoms with E-state index in [-0.39, 0.29) is 42.0 Å². The fourth-order valence-corrected chi connectivity index (χ4v) is 4.61. The van der Waals surface area contributed by atoms with Crippen molar-refractivity contribution in [2.24, 2.45) is 0 Å². The number of urea groups is 1. The van der Waals surface area contributed by atoms with E-state index in [0.717, 1.165) is 6.92 Å². The van der Waals surface area contributed by atoms with Gasteiger partial charge in [-0.25, -0.2) is 9.78 Å². The fourth-order valence-electron chi connectivity index (χ4n) is 4.61. The van der Waals surface area contributed by atoms with Gasteiger partial charge in [-0.15, -0.1) is 10.2 Å². The summed E-state index contributed by atoms with van der Waals surface area (Å²) in [6.07, 6.45) is -4.20. The van der Waals surface area contributed by atoms with Gasteiger partial charge in [0, 0.05) is 19.2 Å². The lowest BCUT2D eigenvalue weighted by molar-refractivity contribution is -0.149. The minimum atomic E-state index is -4.60. The number of nitrogens with zero attached hydrogens (tertiary/aromatic N) is 5. The predicted octanol–water partition coefficient (Wildman–Crippen LogP) is 2.71. The highest BCUT2D eigenvalue weighted by Gasteiger charge is 2.41. The van der Waals surface area contributed by atoms with Gasteiger partial charge in [0.1, 0.15) is 24.4 Å². The summed E-state index contributed by atoms with van der Waals surface area (Å²) >= 11 is 0. The molecule has 3 atom stereocenters. The van der Waals surface area contributed by atoms with Crippen LogP contribution in [0.2, 0.25) is 0 Å². The number of hydrogen-bond donors (Lipinski definition) is 2. The van der Waals surface area contributed by atoms with Gasteiger partial charge in [-0.2, -0.15) is 13.2 Å². The topological polar surface area (TPSA) is 131 Å². The van der Waals surface area contributed by atoms with Crippen LogP contribution in [0, 0.1) is 0 Å². The van der Waals surface area contributed by atoms with Crippen LogP contribution in [0.25, 0.3) is 0 Å². The van der Waals surface area contributed by atoms with Crippen LogP contribution in [0.1, 0.15) is 37.7 Å². The molecule has 1 unspecified atom stereocenters. The number of nitrogens with one attached hydrogen (secondary N) is 2. The molecule has 2 fully saturated rings. The second kappa shape index (κ2) is 10.1. The number of alkyl halides is 3. The molecule has 39 heavy (non-hydrogen) atoms. The summed E-state index contributed by atoms with van der Waals surface area (Å²) in [4.78, 5) is 33.5. The molecule has 5 rings (SSSR count). The van der Waals surface area contributed by atoms with E-state index in [4.69, 9.17) is 14.2 Å². The highest BCUT2D eigenvalue weighted by molar-refractivity contribution is 6.05. The van der Waals surface area contributed by atoms with Crippen LogP contribution in [0.15, 0.2) is 24.3 Å². The van der Waals surface area contributed by atoms with Crippen molar-refractivity contribution < 1.29 is 37.0 Å². The van der Waals surface area contributed by atoms with Crippen molar-refractivity contribution in [3.8, 4) is 5.88 Å². The number of anilines is 3. The molecule has 15 heteroatoms. The Kier molecular flexibility index (Phi) is 6.97. The minimum Gasteiger partial charge on any atom is -0.474 e. The Bertz CT molecular complexity index is 1240. The molecule has 210 valence electrons. The zero-order chi connectivity index (χ0) is 27.9. The lowest BCUT2D eigenvalue weighted by Gasteiger charge is -2.35. The number of ether oxygens (including phenoxy) is 3. The smallest absolute Gasteiger partial charge is 0.408 e. The zero-order valence-electron chi connectivity index (χ0n) is 21.5. The number of fused-ring (bicyclic) bond motifs is 4. The fraction of sp³-hybridized carbons (Fsp3) is 0.542. The molecule has 2 aromatic rings. The highest BCUT2D eigenvalue weighted by atomic mass is 19.4. The average molecular weight is 552 g/mol. The highest BCUT2D eigenvalue weighted by Crippen LogP contribution is 2.39. The molecule has 12 nitrogen and oxygen atoms in total. The van der Waals surface area contributed by atoms with Gasteiger partial charge < -0.3 is 24.4 Å². The van der Waals surface area contributed by atoms with Crippen molar-refractivity contribution in [3.05, 3.63) is 30.0 Å². The number of amides is 3. The van der Waals surface area contributed by atoms with E-state index in [1.54, 1.807) is 12.1 Å². The average Bonchev–Trinajstić information content (AvgIpc) is 3.45. The molecule has 3 aliphatic rings. The maximum absolute atomic E-state index is 13.3. The molecule has 5 heterocycles. The second-order valence-electron chi connectivity index (χ2n) is 9.98. The van der Waals surface area contributed by atoms with Crippen molar-refractivity contribution in [1.82, 2.24) is 20.5 Å². The van der Waals surface area contributed by atoms with E-state index in [1.807, 2.05) is 24.1 Å². The van der Waals surface area contributed by atoms with Crippen LogP contribution in [0.4, 0.5) is 35.3 Å². The van der Waals surface area contributed by atoms with Crippen LogP contribution in [0.3, 0.4) is 0 Å². The molecule has 2 aromatic heterocycles. The van der Waals surface area contributed by atoms with Gasteiger partial charge in [-0.05, 0) is 45.4 Å². The Labute approximate surface area is 221 Å². The molecule has 2 N–H and O–H groups in total.